The van der Waals surface area contributed by atoms with E-state index in [0.29, 0.717) is 18.5 Å². The molecule has 1 heterocycles. The first-order valence-electron chi connectivity index (χ1n) is 5.83. The highest BCUT2D eigenvalue weighted by Gasteiger charge is 2.45. The van der Waals surface area contributed by atoms with Crippen molar-refractivity contribution in [2.75, 3.05) is 5.32 Å². The van der Waals surface area contributed by atoms with Crippen molar-refractivity contribution in [3.8, 4) is 5.69 Å². The normalized spacial score (nSPS) is 15.3. The molecule has 3 rings (SSSR count). The van der Waals surface area contributed by atoms with Crippen LogP contribution in [0.3, 0.4) is 0 Å². The van der Waals surface area contributed by atoms with Gasteiger partial charge in [-0.25, -0.2) is 14.1 Å². The van der Waals surface area contributed by atoms with Crippen LogP contribution in [0, 0.1) is 5.82 Å². The summed E-state index contributed by atoms with van der Waals surface area (Å²) in [6.45, 7) is 0. The van der Waals surface area contributed by atoms with Crippen LogP contribution in [-0.4, -0.2) is 26.2 Å². The van der Waals surface area contributed by atoms with Crippen LogP contribution in [0.1, 0.15) is 12.8 Å². The molecule has 0 aliphatic heterocycles. The zero-order valence-electron chi connectivity index (χ0n) is 10.4. The van der Waals surface area contributed by atoms with Gasteiger partial charge in [-0.3, -0.25) is 4.79 Å². The fraction of sp³-hybridized carbons (Fsp3) is 0.250. The molecule has 8 heteroatoms. The Kier molecular flexibility index (Phi) is 3.74. The molecule has 0 bridgehead atoms. The van der Waals surface area contributed by atoms with Gasteiger partial charge in [-0.05, 0) is 31.0 Å². The molecule has 3 N–H and O–H groups in total. The molecule has 1 aliphatic carbocycles. The quantitative estimate of drug-likeness (QED) is 0.893. The highest BCUT2D eigenvalue weighted by Crippen LogP contribution is 2.33. The van der Waals surface area contributed by atoms with Crippen LogP contribution in [0.5, 0.6) is 0 Å². The lowest BCUT2D eigenvalue weighted by Gasteiger charge is -2.11. The maximum Gasteiger partial charge on any atom is 0.244 e. The minimum atomic E-state index is -0.777. The summed E-state index contributed by atoms with van der Waals surface area (Å²) in [6, 6.07) is 4.36. The van der Waals surface area contributed by atoms with Crippen molar-refractivity contribution < 1.29 is 9.18 Å². The summed E-state index contributed by atoms with van der Waals surface area (Å²) in [5.41, 5.74) is 5.62. The van der Waals surface area contributed by atoms with Crippen molar-refractivity contribution in [1.82, 2.24) is 14.8 Å². The SMILES string of the molecule is Cl.NC1(C(=O)Nc2ccc(-n3cncn3)c(F)c2)CC1. The standard InChI is InChI=1S/C12H12FN5O.ClH/c13-9-5-8(17-11(19)12(14)3-4-12)1-2-10(9)18-7-15-6-16-18;/h1-2,5-7H,3-4,14H2,(H,17,19);1H. The van der Waals surface area contributed by atoms with Crippen LogP contribution >= 0.6 is 12.4 Å². The average molecular weight is 298 g/mol. The third-order valence-electron chi connectivity index (χ3n) is 3.11. The topological polar surface area (TPSA) is 85.8 Å². The number of nitrogens with zero attached hydrogens (tertiary/aromatic N) is 3. The average Bonchev–Trinajstić information content (AvgIpc) is 2.92. The van der Waals surface area contributed by atoms with Gasteiger partial charge in [-0.2, -0.15) is 5.10 Å². The van der Waals surface area contributed by atoms with Crippen LogP contribution in [-0.2, 0) is 4.79 Å². The van der Waals surface area contributed by atoms with Crippen molar-refractivity contribution in [3.63, 3.8) is 0 Å². The molecule has 6 nitrogen and oxygen atoms in total. The van der Waals surface area contributed by atoms with E-state index in [0.717, 1.165) is 0 Å². The Morgan fingerprint density at radius 2 is 2.20 bits per heavy atom. The number of benzene rings is 1. The molecule has 1 amide bonds. The van der Waals surface area contributed by atoms with Crippen LogP contribution in [0.4, 0.5) is 10.1 Å². The predicted molar refractivity (Wildman–Crippen MR) is 73.3 cm³/mol. The van der Waals surface area contributed by atoms with Gasteiger partial charge in [0.05, 0.1) is 5.54 Å². The van der Waals surface area contributed by atoms with Gasteiger partial charge in [0.1, 0.15) is 18.3 Å². The highest BCUT2D eigenvalue weighted by atomic mass is 35.5. The second kappa shape index (κ2) is 5.18. The first-order chi connectivity index (χ1) is 9.08. The highest BCUT2D eigenvalue weighted by molar-refractivity contribution is 6.00. The third-order valence-corrected chi connectivity index (χ3v) is 3.11. The molecule has 106 valence electrons. The van der Waals surface area contributed by atoms with E-state index in [4.69, 9.17) is 5.73 Å². The van der Waals surface area contributed by atoms with Crippen LogP contribution in [0.15, 0.2) is 30.9 Å². The van der Waals surface area contributed by atoms with E-state index in [2.05, 4.69) is 15.4 Å². The van der Waals surface area contributed by atoms with Crippen LogP contribution in [0.2, 0.25) is 0 Å². The Balaban J connectivity index is 0.00000147. The fourth-order valence-corrected chi connectivity index (χ4v) is 1.72. The van der Waals surface area contributed by atoms with Gasteiger partial charge in [-0.15, -0.1) is 12.4 Å². The van der Waals surface area contributed by atoms with Gasteiger partial charge in [0.15, 0.2) is 5.82 Å². The molecule has 1 aromatic carbocycles. The fourth-order valence-electron chi connectivity index (χ4n) is 1.72. The van der Waals surface area contributed by atoms with Crippen LogP contribution in [0.25, 0.3) is 5.69 Å². The maximum absolute atomic E-state index is 13.9. The van der Waals surface area contributed by atoms with E-state index >= 15 is 0 Å². The van der Waals surface area contributed by atoms with Crippen molar-refractivity contribution in [2.45, 2.75) is 18.4 Å². The minimum absolute atomic E-state index is 0. The molecule has 1 aromatic heterocycles. The number of hydrogen-bond acceptors (Lipinski definition) is 4. The Labute approximate surface area is 120 Å². The Hall–Kier alpha value is -1.99. The Morgan fingerprint density at radius 1 is 1.45 bits per heavy atom. The molecule has 0 spiro atoms. The number of amides is 1. The maximum atomic E-state index is 13.9. The van der Waals surface area contributed by atoms with Gasteiger partial charge in [0.25, 0.3) is 0 Å². The first kappa shape index (κ1) is 14.4. The number of hydrogen-bond donors (Lipinski definition) is 2. The van der Waals surface area contributed by atoms with Crippen molar-refractivity contribution >= 4 is 24.0 Å². The van der Waals surface area contributed by atoms with Crippen LogP contribution < -0.4 is 11.1 Å². The molecular weight excluding hydrogens is 285 g/mol. The molecule has 0 unspecified atom stereocenters. The molecule has 0 radical (unpaired) electrons. The van der Waals surface area contributed by atoms with E-state index in [1.165, 1.54) is 29.5 Å². The summed E-state index contributed by atoms with van der Waals surface area (Å²) in [6.07, 6.45) is 4.05. The van der Waals surface area contributed by atoms with Gasteiger partial charge in [0, 0.05) is 5.69 Å². The molecular formula is C12H13ClFN5O. The number of nitrogens with one attached hydrogen (secondary N) is 1. The first-order valence-corrected chi connectivity index (χ1v) is 5.83. The lowest BCUT2D eigenvalue weighted by Crippen LogP contribution is -2.37. The number of rotatable bonds is 3. The van der Waals surface area contributed by atoms with E-state index < -0.39 is 11.4 Å². The third kappa shape index (κ3) is 2.63. The number of aromatic nitrogens is 3. The summed E-state index contributed by atoms with van der Waals surface area (Å²) in [7, 11) is 0. The molecule has 0 atom stereocenters. The van der Waals surface area contributed by atoms with Gasteiger partial charge in [0.2, 0.25) is 5.91 Å². The second-order valence-corrected chi connectivity index (χ2v) is 4.62. The predicted octanol–water partition coefficient (Wildman–Crippen LogP) is 1.26. The largest absolute Gasteiger partial charge is 0.324 e. The van der Waals surface area contributed by atoms with E-state index in [1.54, 1.807) is 6.07 Å². The molecule has 1 fully saturated rings. The Morgan fingerprint density at radius 3 is 2.75 bits per heavy atom. The number of carbonyl (C=O) groups is 1. The van der Waals surface area contributed by atoms with E-state index in [9.17, 15) is 9.18 Å². The summed E-state index contributed by atoms with van der Waals surface area (Å²) in [5, 5.41) is 6.45. The number of halogens is 2. The van der Waals surface area contributed by atoms with Gasteiger partial charge < -0.3 is 11.1 Å². The summed E-state index contributed by atoms with van der Waals surface area (Å²) < 4.78 is 15.2. The summed E-state index contributed by atoms with van der Waals surface area (Å²) in [5.74, 6) is -0.773. The second-order valence-electron chi connectivity index (χ2n) is 4.62. The summed E-state index contributed by atoms with van der Waals surface area (Å²) in [4.78, 5) is 15.5. The molecule has 1 saturated carbocycles. The number of carbonyl (C=O) groups excluding carboxylic acids is 1. The van der Waals surface area contributed by atoms with Gasteiger partial charge in [-0.1, -0.05) is 0 Å². The van der Waals surface area contributed by atoms with E-state index in [-0.39, 0.29) is 24.0 Å². The summed E-state index contributed by atoms with van der Waals surface area (Å²) >= 11 is 0. The number of nitrogens with two attached hydrogens (primary N) is 1. The molecule has 1 aliphatic rings. The zero-order chi connectivity index (χ0) is 13.5. The van der Waals surface area contributed by atoms with Crippen molar-refractivity contribution in [1.29, 1.82) is 0 Å². The Bertz CT molecular complexity index is 627. The molecule has 0 saturated heterocycles. The number of anilines is 1. The van der Waals surface area contributed by atoms with Crippen molar-refractivity contribution in [3.05, 3.63) is 36.7 Å². The van der Waals surface area contributed by atoms with E-state index in [1.807, 2.05) is 0 Å². The lowest BCUT2D eigenvalue weighted by molar-refractivity contribution is -0.118. The zero-order valence-corrected chi connectivity index (χ0v) is 11.2. The lowest BCUT2D eigenvalue weighted by atomic mass is 10.2. The smallest absolute Gasteiger partial charge is 0.244 e. The molecule has 20 heavy (non-hydrogen) atoms. The van der Waals surface area contributed by atoms with Gasteiger partial charge >= 0.3 is 0 Å². The monoisotopic (exact) mass is 297 g/mol. The van der Waals surface area contributed by atoms with Crippen molar-refractivity contribution in [2.24, 2.45) is 5.73 Å². The molecule has 2 aromatic rings. The minimum Gasteiger partial charge on any atom is -0.324 e.